The molecule has 2 aromatic heterocycles. The zero-order valence-electron chi connectivity index (χ0n) is 11.7. The highest BCUT2D eigenvalue weighted by Gasteiger charge is 2.30. The van der Waals surface area contributed by atoms with Crippen LogP contribution < -0.4 is 5.32 Å². The number of sulfonamides is 1. The fourth-order valence-electron chi connectivity index (χ4n) is 2.47. The Hall–Kier alpha value is -1.44. The molecule has 7 heteroatoms. The molecule has 0 radical (unpaired) electrons. The number of aromatic nitrogens is 1. The largest absolute Gasteiger partial charge is 0.369 e. The van der Waals surface area contributed by atoms with Gasteiger partial charge in [-0.2, -0.15) is 4.31 Å². The third-order valence-corrected chi connectivity index (χ3v) is 6.41. The van der Waals surface area contributed by atoms with E-state index in [0.717, 1.165) is 12.0 Å². The lowest BCUT2D eigenvalue weighted by Crippen LogP contribution is -2.35. The van der Waals surface area contributed by atoms with Gasteiger partial charge in [0, 0.05) is 30.7 Å². The zero-order chi connectivity index (χ0) is 14.9. The first-order chi connectivity index (χ1) is 10.1. The molecule has 0 amide bonds. The maximum absolute atomic E-state index is 12.9. The first kappa shape index (κ1) is 14.5. The summed E-state index contributed by atoms with van der Waals surface area (Å²) in [6.07, 6.45) is 2.38. The zero-order valence-corrected chi connectivity index (χ0v) is 13.4. The normalized spacial score (nSPS) is 15.7. The van der Waals surface area contributed by atoms with Crippen LogP contribution in [-0.4, -0.2) is 30.8 Å². The number of nitrogens with one attached hydrogen (secondary N) is 1. The van der Waals surface area contributed by atoms with Crippen molar-refractivity contribution in [2.45, 2.75) is 24.8 Å². The van der Waals surface area contributed by atoms with Gasteiger partial charge in [0.15, 0.2) is 0 Å². The van der Waals surface area contributed by atoms with Crippen molar-refractivity contribution in [3.8, 4) is 0 Å². The van der Waals surface area contributed by atoms with Gasteiger partial charge in [-0.15, -0.1) is 11.3 Å². The van der Waals surface area contributed by atoms with Crippen LogP contribution in [0.1, 0.15) is 17.4 Å². The van der Waals surface area contributed by atoms with Crippen molar-refractivity contribution in [1.29, 1.82) is 0 Å². The van der Waals surface area contributed by atoms with Crippen molar-refractivity contribution in [1.82, 2.24) is 9.29 Å². The third kappa shape index (κ3) is 2.68. The summed E-state index contributed by atoms with van der Waals surface area (Å²) in [4.78, 5) is 5.70. The van der Waals surface area contributed by atoms with Crippen LogP contribution in [-0.2, 0) is 23.0 Å². The van der Waals surface area contributed by atoms with E-state index in [1.54, 1.807) is 34.0 Å². The lowest BCUT2D eigenvalue weighted by molar-refractivity contribution is 0.394. The number of hydrogen-bond acceptors (Lipinski definition) is 5. The first-order valence-electron chi connectivity index (χ1n) is 6.87. The smallest absolute Gasteiger partial charge is 0.247 e. The van der Waals surface area contributed by atoms with E-state index in [9.17, 15) is 8.42 Å². The molecule has 5 nitrogen and oxygen atoms in total. The number of nitrogens with zero attached hydrogens (tertiary/aromatic N) is 2. The first-order valence-corrected chi connectivity index (χ1v) is 9.19. The average molecular weight is 323 g/mol. The van der Waals surface area contributed by atoms with Gasteiger partial charge in [-0.1, -0.05) is 0 Å². The van der Waals surface area contributed by atoms with E-state index in [4.69, 9.17) is 0 Å². The van der Waals surface area contributed by atoms with Crippen LogP contribution in [0, 0.1) is 0 Å². The molecule has 112 valence electrons. The Morgan fingerprint density at radius 1 is 1.43 bits per heavy atom. The predicted octanol–water partition coefficient (Wildman–Crippen LogP) is 2.32. The molecule has 0 saturated heterocycles. The maximum Gasteiger partial charge on any atom is 0.247 e. The molecule has 0 saturated carbocycles. The fourth-order valence-corrected chi connectivity index (χ4v) is 4.89. The van der Waals surface area contributed by atoms with Crippen LogP contribution >= 0.6 is 11.3 Å². The topological polar surface area (TPSA) is 62.3 Å². The van der Waals surface area contributed by atoms with Crippen molar-refractivity contribution in [3.05, 3.63) is 40.2 Å². The summed E-state index contributed by atoms with van der Waals surface area (Å²) >= 11 is 1.70. The molecular formula is C14H17N3O2S2. The standard InChI is InChI=1S/C14H17N3O2S2/c1-2-15-14-13(4-3-7-16-14)21(18,19)17-8-5-12-11(10-17)6-9-20-12/h3-4,6-7,9H,2,5,8,10H2,1H3,(H,15,16). The van der Waals surface area contributed by atoms with Crippen LogP contribution in [0.4, 0.5) is 5.82 Å². The number of rotatable bonds is 4. The summed E-state index contributed by atoms with van der Waals surface area (Å²) in [5.74, 6) is 0.427. The third-order valence-electron chi connectivity index (χ3n) is 3.51. The molecule has 1 N–H and O–H groups in total. The molecule has 0 atom stereocenters. The Morgan fingerprint density at radius 2 is 2.29 bits per heavy atom. The van der Waals surface area contributed by atoms with Gasteiger partial charge in [-0.3, -0.25) is 0 Å². The van der Waals surface area contributed by atoms with E-state index < -0.39 is 10.0 Å². The maximum atomic E-state index is 12.9. The van der Waals surface area contributed by atoms with Gasteiger partial charge in [0.05, 0.1) is 0 Å². The van der Waals surface area contributed by atoms with E-state index in [0.29, 0.717) is 25.5 Å². The van der Waals surface area contributed by atoms with Crippen molar-refractivity contribution in [2.75, 3.05) is 18.4 Å². The van der Waals surface area contributed by atoms with Gasteiger partial charge < -0.3 is 5.32 Å². The molecule has 21 heavy (non-hydrogen) atoms. The van der Waals surface area contributed by atoms with Crippen LogP contribution in [0.3, 0.4) is 0 Å². The molecule has 0 spiro atoms. The van der Waals surface area contributed by atoms with E-state index in [1.807, 2.05) is 18.4 Å². The van der Waals surface area contributed by atoms with Gasteiger partial charge in [0.1, 0.15) is 10.7 Å². The second kappa shape index (κ2) is 5.75. The van der Waals surface area contributed by atoms with Crippen molar-refractivity contribution >= 4 is 27.2 Å². The van der Waals surface area contributed by atoms with Crippen LogP contribution in [0.15, 0.2) is 34.7 Å². The summed E-state index contributed by atoms with van der Waals surface area (Å²) in [6.45, 7) is 3.52. The lowest BCUT2D eigenvalue weighted by Gasteiger charge is -2.26. The Bertz CT molecular complexity index is 740. The molecule has 0 unspecified atom stereocenters. The number of fused-ring (bicyclic) bond motifs is 1. The minimum absolute atomic E-state index is 0.255. The van der Waals surface area contributed by atoms with Gasteiger partial charge >= 0.3 is 0 Å². The summed E-state index contributed by atoms with van der Waals surface area (Å²) in [5, 5.41) is 5.04. The Morgan fingerprint density at radius 3 is 3.10 bits per heavy atom. The number of pyridine rings is 1. The Kier molecular flexibility index (Phi) is 3.97. The monoisotopic (exact) mass is 323 g/mol. The molecule has 0 bridgehead atoms. The van der Waals surface area contributed by atoms with Gasteiger partial charge in [0.25, 0.3) is 0 Å². The number of thiophene rings is 1. The average Bonchev–Trinajstić information content (AvgIpc) is 2.95. The highest BCUT2D eigenvalue weighted by Crippen LogP contribution is 2.29. The molecule has 2 aromatic rings. The van der Waals surface area contributed by atoms with Crippen molar-refractivity contribution in [3.63, 3.8) is 0 Å². The second-order valence-corrected chi connectivity index (χ2v) is 7.75. The molecule has 3 rings (SSSR count). The van der Waals surface area contributed by atoms with Crippen molar-refractivity contribution in [2.24, 2.45) is 0 Å². The lowest BCUT2D eigenvalue weighted by atomic mass is 10.1. The Balaban J connectivity index is 1.95. The summed E-state index contributed by atoms with van der Waals surface area (Å²) in [5.41, 5.74) is 1.11. The predicted molar refractivity (Wildman–Crippen MR) is 84.0 cm³/mol. The quantitative estimate of drug-likeness (QED) is 0.938. The second-order valence-electron chi connectivity index (χ2n) is 4.84. The van der Waals surface area contributed by atoms with E-state index in [2.05, 4.69) is 10.3 Å². The fraction of sp³-hybridized carbons (Fsp3) is 0.357. The van der Waals surface area contributed by atoms with E-state index in [1.165, 1.54) is 4.88 Å². The summed E-state index contributed by atoms with van der Waals surface area (Å²) in [6, 6.07) is 5.29. The van der Waals surface area contributed by atoms with Crippen LogP contribution in [0.5, 0.6) is 0 Å². The highest BCUT2D eigenvalue weighted by molar-refractivity contribution is 7.89. The van der Waals surface area contributed by atoms with Gasteiger partial charge in [-0.25, -0.2) is 13.4 Å². The molecule has 3 heterocycles. The van der Waals surface area contributed by atoms with Crippen LogP contribution in [0.25, 0.3) is 0 Å². The Labute approximate surface area is 128 Å². The van der Waals surface area contributed by atoms with Gasteiger partial charge in [-0.05, 0) is 42.5 Å². The molecule has 1 aliphatic rings. The SMILES string of the molecule is CCNc1ncccc1S(=O)(=O)N1CCc2sccc2C1. The van der Waals surface area contributed by atoms with Crippen LogP contribution in [0.2, 0.25) is 0 Å². The molecule has 0 aliphatic carbocycles. The van der Waals surface area contributed by atoms with E-state index >= 15 is 0 Å². The summed E-state index contributed by atoms with van der Waals surface area (Å²) in [7, 11) is -3.52. The number of hydrogen-bond donors (Lipinski definition) is 1. The molecule has 0 aromatic carbocycles. The molecular weight excluding hydrogens is 306 g/mol. The molecule has 1 aliphatic heterocycles. The minimum atomic E-state index is -3.52. The number of anilines is 1. The summed E-state index contributed by atoms with van der Waals surface area (Å²) < 4.78 is 27.3. The van der Waals surface area contributed by atoms with E-state index in [-0.39, 0.29) is 4.90 Å². The van der Waals surface area contributed by atoms with Gasteiger partial charge in [0.2, 0.25) is 10.0 Å². The minimum Gasteiger partial charge on any atom is -0.369 e. The van der Waals surface area contributed by atoms with Crippen molar-refractivity contribution < 1.29 is 8.42 Å². The molecule has 0 fully saturated rings. The highest BCUT2D eigenvalue weighted by atomic mass is 32.2.